The lowest BCUT2D eigenvalue weighted by Crippen LogP contribution is -2.13. The summed E-state index contributed by atoms with van der Waals surface area (Å²) in [4.78, 5) is 18.7. The van der Waals surface area contributed by atoms with Gasteiger partial charge in [0.25, 0.3) is 5.91 Å². The fourth-order valence-electron chi connectivity index (χ4n) is 1.92. The fourth-order valence-corrected chi connectivity index (χ4v) is 3.53. The van der Waals surface area contributed by atoms with Gasteiger partial charge in [-0.1, -0.05) is 23.5 Å². The van der Waals surface area contributed by atoms with Gasteiger partial charge in [0.05, 0.1) is 9.90 Å². The van der Waals surface area contributed by atoms with Gasteiger partial charge in [-0.05, 0) is 45.0 Å². The molecule has 0 aliphatic carbocycles. The number of thioether (sulfide) groups is 1. The SMILES string of the molecule is CSc1sc(NC(=O)c2ccc(CN(C)C)cc2)nc1C. The number of aryl methyl sites for hydroxylation is 1. The Balaban J connectivity index is 2.05. The van der Waals surface area contributed by atoms with E-state index >= 15 is 0 Å². The molecule has 0 bridgehead atoms. The molecule has 4 nitrogen and oxygen atoms in total. The average molecular weight is 321 g/mol. The van der Waals surface area contributed by atoms with Gasteiger partial charge in [0, 0.05) is 12.1 Å². The van der Waals surface area contributed by atoms with Crippen LogP contribution in [0.2, 0.25) is 0 Å². The number of carbonyl (C=O) groups excluding carboxylic acids is 1. The topological polar surface area (TPSA) is 45.2 Å². The number of rotatable bonds is 5. The van der Waals surface area contributed by atoms with E-state index in [9.17, 15) is 4.79 Å². The molecule has 0 radical (unpaired) electrons. The molecule has 2 rings (SSSR count). The van der Waals surface area contributed by atoms with E-state index < -0.39 is 0 Å². The minimum absolute atomic E-state index is 0.118. The quantitative estimate of drug-likeness (QED) is 0.856. The normalized spacial score (nSPS) is 10.9. The highest BCUT2D eigenvalue weighted by Crippen LogP contribution is 2.30. The van der Waals surface area contributed by atoms with E-state index in [1.807, 2.05) is 51.5 Å². The molecule has 0 aliphatic heterocycles. The highest BCUT2D eigenvalue weighted by atomic mass is 32.2. The Hall–Kier alpha value is -1.37. The Morgan fingerprint density at radius 1 is 1.33 bits per heavy atom. The summed E-state index contributed by atoms with van der Waals surface area (Å²) in [7, 11) is 4.05. The predicted octanol–water partition coefficient (Wildman–Crippen LogP) is 3.49. The minimum atomic E-state index is -0.118. The number of benzene rings is 1. The van der Waals surface area contributed by atoms with Crippen LogP contribution in [0.1, 0.15) is 21.6 Å². The standard InChI is InChI=1S/C15H19N3OS2/c1-10-14(20-4)21-15(16-10)17-13(19)12-7-5-11(6-8-12)9-18(2)3/h5-8H,9H2,1-4H3,(H,16,17,19). The Morgan fingerprint density at radius 3 is 2.52 bits per heavy atom. The van der Waals surface area contributed by atoms with Gasteiger partial charge in [0.1, 0.15) is 0 Å². The Labute approximate surface area is 133 Å². The van der Waals surface area contributed by atoms with Crippen LogP contribution < -0.4 is 5.32 Å². The summed E-state index contributed by atoms with van der Waals surface area (Å²) in [5, 5.41) is 3.51. The van der Waals surface area contributed by atoms with Crippen molar-refractivity contribution in [2.45, 2.75) is 17.7 Å². The fraction of sp³-hybridized carbons (Fsp3) is 0.333. The number of anilines is 1. The number of hydrogen-bond acceptors (Lipinski definition) is 5. The number of aromatic nitrogens is 1. The van der Waals surface area contributed by atoms with Crippen LogP contribution in [0.25, 0.3) is 0 Å². The zero-order chi connectivity index (χ0) is 15.4. The number of hydrogen-bond donors (Lipinski definition) is 1. The van der Waals surface area contributed by atoms with Crippen LogP contribution in [-0.2, 0) is 6.54 Å². The zero-order valence-electron chi connectivity index (χ0n) is 12.6. The monoisotopic (exact) mass is 321 g/mol. The smallest absolute Gasteiger partial charge is 0.257 e. The number of carbonyl (C=O) groups is 1. The summed E-state index contributed by atoms with van der Waals surface area (Å²) < 4.78 is 1.13. The van der Waals surface area contributed by atoms with Crippen molar-refractivity contribution in [1.82, 2.24) is 9.88 Å². The molecule has 2 aromatic rings. The molecule has 1 N–H and O–H groups in total. The molecule has 1 heterocycles. The van der Waals surface area contributed by atoms with Gasteiger partial charge in [0.2, 0.25) is 0 Å². The van der Waals surface area contributed by atoms with Crippen LogP contribution in [0.5, 0.6) is 0 Å². The molecule has 0 saturated heterocycles. The maximum atomic E-state index is 12.2. The Morgan fingerprint density at radius 2 is 2.00 bits per heavy atom. The summed E-state index contributed by atoms with van der Waals surface area (Å²) in [6, 6.07) is 7.67. The molecule has 21 heavy (non-hydrogen) atoms. The summed E-state index contributed by atoms with van der Waals surface area (Å²) in [5.74, 6) is -0.118. The summed E-state index contributed by atoms with van der Waals surface area (Å²) in [6.45, 7) is 2.82. The van der Waals surface area contributed by atoms with Crippen molar-refractivity contribution in [3.05, 3.63) is 41.1 Å². The molecule has 1 amide bonds. The number of nitrogens with zero attached hydrogens (tertiary/aromatic N) is 2. The lowest BCUT2D eigenvalue weighted by Gasteiger charge is -2.09. The molecule has 0 saturated carbocycles. The van der Waals surface area contributed by atoms with Gasteiger partial charge in [-0.3, -0.25) is 10.1 Å². The van der Waals surface area contributed by atoms with Crippen molar-refractivity contribution in [2.24, 2.45) is 0 Å². The van der Waals surface area contributed by atoms with Gasteiger partial charge in [-0.25, -0.2) is 4.98 Å². The van der Waals surface area contributed by atoms with E-state index in [4.69, 9.17) is 0 Å². The van der Waals surface area contributed by atoms with Gasteiger partial charge >= 0.3 is 0 Å². The molecule has 0 atom stereocenters. The number of nitrogens with one attached hydrogen (secondary N) is 1. The maximum absolute atomic E-state index is 12.2. The third-order valence-corrected chi connectivity index (χ3v) is 5.16. The third kappa shape index (κ3) is 4.30. The lowest BCUT2D eigenvalue weighted by molar-refractivity contribution is 0.102. The van der Waals surface area contributed by atoms with Crippen molar-refractivity contribution in [2.75, 3.05) is 25.7 Å². The van der Waals surface area contributed by atoms with Crippen LogP contribution in [0.4, 0.5) is 5.13 Å². The molecule has 0 unspecified atom stereocenters. The molecule has 0 aliphatic rings. The van der Waals surface area contributed by atoms with Crippen molar-refractivity contribution < 1.29 is 4.79 Å². The first-order valence-corrected chi connectivity index (χ1v) is 8.60. The van der Waals surface area contributed by atoms with E-state index in [2.05, 4.69) is 15.2 Å². The molecular weight excluding hydrogens is 302 g/mol. The maximum Gasteiger partial charge on any atom is 0.257 e. The second-order valence-electron chi connectivity index (χ2n) is 4.98. The van der Waals surface area contributed by atoms with Crippen LogP contribution >= 0.6 is 23.1 Å². The zero-order valence-corrected chi connectivity index (χ0v) is 14.3. The van der Waals surface area contributed by atoms with Crippen LogP contribution in [0, 0.1) is 6.92 Å². The first kappa shape index (κ1) is 16.0. The van der Waals surface area contributed by atoms with Crippen molar-refractivity contribution in [3.63, 3.8) is 0 Å². The van der Waals surface area contributed by atoms with E-state index in [1.54, 1.807) is 11.8 Å². The summed E-state index contributed by atoms with van der Waals surface area (Å²) in [6.07, 6.45) is 2.01. The van der Waals surface area contributed by atoms with E-state index in [0.717, 1.165) is 16.4 Å². The molecule has 1 aromatic carbocycles. The van der Waals surface area contributed by atoms with Gasteiger partial charge in [0.15, 0.2) is 5.13 Å². The molecule has 0 spiro atoms. The van der Waals surface area contributed by atoms with E-state index in [0.29, 0.717) is 10.7 Å². The van der Waals surface area contributed by atoms with Gasteiger partial charge < -0.3 is 4.90 Å². The summed E-state index contributed by atoms with van der Waals surface area (Å²) >= 11 is 3.15. The lowest BCUT2D eigenvalue weighted by atomic mass is 10.1. The van der Waals surface area contributed by atoms with Crippen LogP contribution in [0.15, 0.2) is 28.5 Å². The molecule has 0 fully saturated rings. The van der Waals surface area contributed by atoms with Crippen LogP contribution in [0.3, 0.4) is 0 Å². The Bertz CT molecular complexity index is 620. The molecule has 112 valence electrons. The summed E-state index contributed by atoms with van der Waals surface area (Å²) in [5.41, 5.74) is 2.80. The van der Waals surface area contributed by atoms with Crippen molar-refractivity contribution in [1.29, 1.82) is 0 Å². The first-order valence-electron chi connectivity index (χ1n) is 6.56. The van der Waals surface area contributed by atoms with Crippen molar-refractivity contribution >= 4 is 34.1 Å². The highest BCUT2D eigenvalue weighted by Gasteiger charge is 2.11. The van der Waals surface area contributed by atoms with Gasteiger partial charge in [-0.15, -0.1) is 11.8 Å². The Kier molecular flexibility index (Phi) is 5.39. The van der Waals surface area contributed by atoms with Crippen LogP contribution in [-0.4, -0.2) is 36.1 Å². The highest BCUT2D eigenvalue weighted by molar-refractivity contribution is 8.00. The first-order chi connectivity index (χ1) is 9.99. The van der Waals surface area contributed by atoms with E-state index in [-0.39, 0.29) is 5.91 Å². The predicted molar refractivity (Wildman–Crippen MR) is 90.4 cm³/mol. The average Bonchev–Trinajstić information content (AvgIpc) is 2.78. The largest absolute Gasteiger partial charge is 0.305 e. The third-order valence-electron chi connectivity index (χ3n) is 2.87. The molecule has 1 aromatic heterocycles. The van der Waals surface area contributed by atoms with E-state index in [1.165, 1.54) is 16.9 Å². The molecule has 6 heteroatoms. The minimum Gasteiger partial charge on any atom is -0.305 e. The van der Waals surface area contributed by atoms with Crippen molar-refractivity contribution in [3.8, 4) is 0 Å². The number of thiazole rings is 1. The second-order valence-corrected chi connectivity index (χ2v) is 7.06. The second kappa shape index (κ2) is 7.06. The molecular formula is C15H19N3OS2. The number of amides is 1. The van der Waals surface area contributed by atoms with Gasteiger partial charge in [-0.2, -0.15) is 0 Å².